The second-order valence-corrected chi connectivity index (χ2v) is 5.76. The van der Waals surface area contributed by atoms with Gasteiger partial charge in [0.05, 0.1) is 6.61 Å². The standard InChI is InChI=1S/C12H18ClNO2S/c1-14-12(7-16-2)9-17(15)8-10-3-5-11(13)6-4-10/h3-6,12,14H,7-9H2,1-2H3. The molecular formula is C12H18ClNO2S. The summed E-state index contributed by atoms with van der Waals surface area (Å²) in [7, 11) is 2.60. The number of hydrogen-bond acceptors (Lipinski definition) is 3. The molecule has 2 atom stereocenters. The van der Waals surface area contributed by atoms with E-state index in [0.29, 0.717) is 23.1 Å². The molecule has 0 aliphatic heterocycles. The SMILES string of the molecule is CNC(COC)CS(=O)Cc1ccc(Cl)cc1. The molecule has 1 aromatic rings. The number of likely N-dealkylation sites (N-methyl/N-ethyl adjacent to an activating group) is 1. The molecule has 0 fully saturated rings. The molecule has 0 aliphatic rings. The lowest BCUT2D eigenvalue weighted by molar-refractivity contribution is 0.176. The quantitative estimate of drug-likeness (QED) is 0.825. The number of methoxy groups -OCH3 is 1. The first-order chi connectivity index (χ1) is 8.15. The highest BCUT2D eigenvalue weighted by molar-refractivity contribution is 7.84. The van der Waals surface area contributed by atoms with E-state index in [1.165, 1.54) is 0 Å². The van der Waals surface area contributed by atoms with E-state index in [0.717, 1.165) is 5.56 Å². The van der Waals surface area contributed by atoms with Gasteiger partial charge < -0.3 is 10.1 Å². The van der Waals surface area contributed by atoms with E-state index in [1.54, 1.807) is 7.11 Å². The van der Waals surface area contributed by atoms with Crippen molar-refractivity contribution in [2.75, 3.05) is 26.5 Å². The Bertz CT molecular complexity index is 356. The Morgan fingerprint density at radius 1 is 1.41 bits per heavy atom. The molecule has 0 amide bonds. The zero-order valence-electron chi connectivity index (χ0n) is 10.1. The van der Waals surface area contributed by atoms with E-state index < -0.39 is 10.8 Å². The minimum atomic E-state index is -0.895. The molecule has 0 bridgehead atoms. The minimum Gasteiger partial charge on any atom is -0.383 e. The molecule has 3 nitrogen and oxygen atoms in total. The van der Waals surface area contributed by atoms with Gasteiger partial charge in [0.1, 0.15) is 0 Å². The third-order valence-electron chi connectivity index (χ3n) is 2.40. The van der Waals surface area contributed by atoms with Crippen LogP contribution in [0.15, 0.2) is 24.3 Å². The Kier molecular flexibility index (Phi) is 6.73. The largest absolute Gasteiger partial charge is 0.383 e. The fourth-order valence-corrected chi connectivity index (χ4v) is 2.99. The molecule has 0 saturated heterocycles. The molecule has 0 aromatic heterocycles. The maximum absolute atomic E-state index is 11.9. The predicted molar refractivity (Wildman–Crippen MR) is 72.9 cm³/mol. The molecule has 1 aromatic carbocycles. The molecule has 0 radical (unpaired) electrons. The Labute approximate surface area is 110 Å². The van der Waals surface area contributed by atoms with Gasteiger partial charge in [-0.25, -0.2) is 0 Å². The van der Waals surface area contributed by atoms with Crippen LogP contribution in [0.25, 0.3) is 0 Å². The first kappa shape index (κ1) is 14.6. The van der Waals surface area contributed by atoms with Crippen molar-refractivity contribution in [1.29, 1.82) is 0 Å². The number of ether oxygens (including phenoxy) is 1. The molecule has 17 heavy (non-hydrogen) atoms. The van der Waals surface area contributed by atoms with Gasteiger partial charge in [-0.1, -0.05) is 23.7 Å². The third-order valence-corrected chi connectivity index (χ3v) is 4.09. The second kappa shape index (κ2) is 7.82. The van der Waals surface area contributed by atoms with E-state index in [2.05, 4.69) is 5.32 Å². The summed E-state index contributed by atoms with van der Waals surface area (Å²) in [5, 5.41) is 3.79. The first-order valence-corrected chi connectivity index (χ1v) is 7.28. The Morgan fingerprint density at radius 3 is 2.59 bits per heavy atom. The van der Waals surface area contributed by atoms with Gasteiger partial charge in [0.15, 0.2) is 0 Å². The van der Waals surface area contributed by atoms with Crippen molar-refractivity contribution in [3.05, 3.63) is 34.9 Å². The highest BCUT2D eigenvalue weighted by Gasteiger charge is 2.10. The van der Waals surface area contributed by atoms with Crippen molar-refractivity contribution in [2.45, 2.75) is 11.8 Å². The van der Waals surface area contributed by atoms with Gasteiger partial charge in [0, 0.05) is 40.5 Å². The molecule has 96 valence electrons. The Hall–Kier alpha value is -0.420. The number of nitrogens with one attached hydrogen (secondary N) is 1. The van der Waals surface area contributed by atoms with Gasteiger partial charge in [-0.15, -0.1) is 0 Å². The summed E-state index contributed by atoms with van der Waals surface area (Å²) >= 11 is 5.79. The summed E-state index contributed by atoms with van der Waals surface area (Å²) in [5.41, 5.74) is 1.04. The van der Waals surface area contributed by atoms with Crippen LogP contribution in [0.2, 0.25) is 5.02 Å². The van der Waals surface area contributed by atoms with Crippen LogP contribution in [0, 0.1) is 0 Å². The van der Waals surface area contributed by atoms with Gasteiger partial charge in [-0.05, 0) is 24.7 Å². The molecule has 1 N–H and O–H groups in total. The first-order valence-electron chi connectivity index (χ1n) is 5.41. The molecule has 0 spiro atoms. The smallest absolute Gasteiger partial charge is 0.0624 e. The lowest BCUT2D eigenvalue weighted by Crippen LogP contribution is -2.35. The maximum Gasteiger partial charge on any atom is 0.0624 e. The number of hydrogen-bond donors (Lipinski definition) is 1. The van der Waals surface area contributed by atoms with Crippen LogP contribution in [0.5, 0.6) is 0 Å². The topological polar surface area (TPSA) is 38.3 Å². The summed E-state index contributed by atoms with van der Waals surface area (Å²) < 4.78 is 17.0. The van der Waals surface area contributed by atoms with Gasteiger partial charge in [-0.2, -0.15) is 0 Å². The number of rotatable bonds is 7. The fraction of sp³-hybridized carbons (Fsp3) is 0.500. The average Bonchev–Trinajstić information content (AvgIpc) is 2.31. The van der Waals surface area contributed by atoms with Gasteiger partial charge in [0.25, 0.3) is 0 Å². The summed E-state index contributed by atoms with van der Waals surface area (Å²) in [5.74, 6) is 1.14. The van der Waals surface area contributed by atoms with E-state index in [9.17, 15) is 4.21 Å². The lowest BCUT2D eigenvalue weighted by atomic mass is 10.2. The van der Waals surface area contributed by atoms with Crippen molar-refractivity contribution < 1.29 is 8.95 Å². The van der Waals surface area contributed by atoms with Gasteiger partial charge >= 0.3 is 0 Å². The van der Waals surface area contributed by atoms with E-state index in [1.807, 2.05) is 31.3 Å². The molecule has 2 unspecified atom stereocenters. The predicted octanol–water partition coefficient (Wildman–Crippen LogP) is 1.82. The van der Waals surface area contributed by atoms with E-state index in [-0.39, 0.29) is 6.04 Å². The number of benzene rings is 1. The maximum atomic E-state index is 11.9. The number of halogens is 1. The summed E-state index contributed by atoms with van der Waals surface area (Å²) in [6.45, 7) is 0.572. The third kappa shape index (κ3) is 5.64. The van der Waals surface area contributed by atoms with Crippen LogP contribution in [-0.2, 0) is 21.3 Å². The Morgan fingerprint density at radius 2 is 2.06 bits per heavy atom. The van der Waals surface area contributed by atoms with Gasteiger partial charge in [-0.3, -0.25) is 4.21 Å². The summed E-state index contributed by atoms with van der Waals surface area (Å²) in [6.07, 6.45) is 0. The zero-order chi connectivity index (χ0) is 12.7. The normalized spacial score (nSPS) is 14.5. The fourth-order valence-electron chi connectivity index (χ4n) is 1.47. The van der Waals surface area contributed by atoms with Crippen LogP contribution in [0.1, 0.15) is 5.56 Å². The highest BCUT2D eigenvalue weighted by Crippen LogP contribution is 2.11. The monoisotopic (exact) mass is 275 g/mol. The highest BCUT2D eigenvalue weighted by atomic mass is 35.5. The van der Waals surface area contributed by atoms with Crippen LogP contribution >= 0.6 is 11.6 Å². The molecule has 1 rings (SSSR count). The molecule has 0 heterocycles. The van der Waals surface area contributed by atoms with Crippen LogP contribution in [0.3, 0.4) is 0 Å². The lowest BCUT2D eigenvalue weighted by Gasteiger charge is -2.14. The minimum absolute atomic E-state index is 0.133. The molecular weight excluding hydrogens is 258 g/mol. The van der Waals surface area contributed by atoms with E-state index in [4.69, 9.17) is 16.3 Å². The van der Waals surface area contributed by atoms with Crippen LogP contribution in [-0.4, -0.2) is 36.8 Å². The van der Waals surface area contributed by atoms with Crippen molar-refractivity contribution in [1.82, 2.24) is 5.32 Å². The molecule has 0 aliphatic carbocycles. The van der Waals surface area contributed by atoms with Crippen molar-refractivity contribution in [3.8, 4) is 0 Å². The second-order valence-electron chi connectivity index (χ2n) is 3.82. The van der Waals surface area contributed by atoms with Crippen molar-refractivity contribution in [2.24, 2.45) is 0 Å². The van der Waals surface area contributed by atoms with E-state index >= 15 is 0 Å². The van der Waals surface area contributed by atoms with Crippen LogP contribution in [0.4, 0.5) is 0 Å². The van der Waals surface area contributed by atoms with Gasteiger partial charge in [0.2, 0.25) is 0 Å². The molecule has 5 heteroatoms. The Balaban J connectivity index is 2.46. The average molecular weight is 276 g/mol. The van der Waals surface area contributed by atoms with Crippen molar-refractivity contribution >= 4 is 22.4 Å². The molecule has 0 saturated carbocycles. The zero-order valence-corrected chi connectivity index (χ0v) is 11.7. The summed E-state index contributed by atoms with van der Waals surface area (Å²) in [4.78, 5) is 0. The summed E-state index contributed by atoms with van der Waals surface area (Å²) in [6, 6.07) is 7.58. The van der Waals surface area contributed by atoms with Crippen LogP contribution < -0.4 is 5.32 Å². The van der Waals surface area contributed by atoms with Crippen molar-refractivity contribution in [3.63, 3.8) is 0 Å².